The SMILES string of the molecule is Cc1coc(SCc2ccc(CN)o2)n1. The van der Waals surface area contributed by atoms with Gasteiger partial charge < -0.3 is 14.6 Å². The van der Waals surface area contributed by atoms with Crippen LogP contribution in [0, 0.1) is 6.92 Å². The van der Waals surface area contributed by atoms with Crippen molar-refractivity contribution in [2.24, 2.45) is 5.73 Å². The Balaban J connectivity index is 1.93. The molecular weight excluding hydrogens is 212 g/mol. The van der Waals surface area contributed by atoms with Crippen molar-refractivity contribution in [3.8, 4) is 0 Å². The molecule has 0 unspecified atom stereocenters. The summed E-state index contributed by atoms with van der Waals surface area (Å²) in [5.74, 6) is 2.39. The van der Waals surface area contributed by atoms with E-state index in [4.69, 9.17) is 14.6 Å². The van der Waals surface area contributed by atoms with Crippen molar-refractivity contribution < 1.29 is 8.83 Å². The number of nitrogens with zero attached hydrogens (tertiary/aromatic N) is 1. The van der Waals surface area contributed by atoms with Crippen molar-refractivity contribution in [3.05, 3.63) is 35.6 Å². The van der Waals surface area contributed by atoms with Crippen molar-refractivity contribution in [2.45, 2.75) is 24.4 Å². The maximum Gasteiger partial charge on any atom is 0.256 e. The third-order valence-electron chi connectivity index (χ3n) is 1.85. The minimum absolute atomic E-state index is 0.433. The van der Waals surface area contributed by atoms with Gasteiger partial charge in [-0.2, -0.15) is 0 Å². The number of aryl methyl sites for hydroxylation is 1. The van der Waals surface area contributed by atoms with E-state index in [2.05, 4.69) is 4.98 Å². The van der Waals surface area contributed by atoms with Gasteiger partial charge in [-0.25, -0.2) is 4.98 Å². The molecule has 2 aromatic heterocycles. The second kappa shape index (κ2) is 4.55. The minimum Gasteiger partial charge on any atom is -0.464 e. The molecule has 0 aliphatic heterocycles. The molecule has 0 atom stereocenters. The van der Waals surface area contributed by atoms with Crippen molar-refractivity contribution in [3.63, 3.8) is 0 Å². The first-order valence-corrected chi connectivity index (χ1v) is 5.59. The lowest BCUT2D eigenvalue weighted by molar-refractivity contribution is 0.451. The number of aromatic nitrogens is 1. The van der Waals surface area contributed by atoms with E-state index in [1.54, 1.807) is 6.26 Å². The van der Waals surface area contributed by atoms with E-state index in [1.165, 1.54) is 11.8 Å². The summed E-state index contributed by atoms with van der Waals surface area (Å²) < 4.78 is 10.7. The molecular formula is C10H12N2O2S. The Kier molecular flexibility index (Phi) is 3.13. The molecule has 4 nitrogen and oxygen atoms in total. The van der Waals surface area contributed by atoms with Gasteiger partial charge in [-0.15, -0.1) is 0 Å². The molecule has 0 spiro atoms. The van der Waals surface area contributed by atoms with Gasteiger partial charge in [0.25, 0.3) is 5.22 Å². The van der Waals surface area contributed by atoms with Crippen LogP contribution in [0.4, 0.5) is 0 Å². The molecule has 0 aliphatic carbocycles. The van der Waals surface area contributed by atoms with E-state index >= 15 is 0 Å². The predicted octanol–water partition coefficient (Wildman–Crippen LogP) is 2.33. The first-order chi connectivity index (χ1) is 7.28. The molecule has 0 amide bonds. The topological polar surface area (TPSA) is 65.2 Å². The van der Waals surface area contributed by atoms with Gasteiger partial charge in [0, 0.05) is 0 Å². The minimum atomic E-state index is 0.433. The standard InChI is InChI=1S/C10H12N2O2S/c1-7-5-13-10(12-7)15-6-9-3-2-8(4-11)14-9/h2-3,5H,4,6,11H2,1H3. The van der Waals surface area contributed by atoms with Gasteiger partial charge in [-0.05, 0) is 19.1 Å². The zero-order valence-corrected chi connectivity index (χ0v) is 9.21. The molecule has 0 saturated carbocycles. The third kappa shape index (κ3) is 2.64. The number of hydrogen-bond acceptors (Lipinski definition) is 5. The summed E-state index contributed by atoms with van der Waals surface area (Å²) >= 11 is 1.51. The van der Waals surface area contributed by atoms with Crippen LogP contribution in [0.3, 0.4) is 0 Å². The normalized spacial score (nSPS) is 10.8. The molecule has 2 rings (SSSR count). The summed E-state index contributed by atoms with van der Waals surface area (Å²) in [6.45, 7) is 2.33. The Morgan fingerprint density at radius 3 is 2.80 bits per heavy atom. The molecule has 2 heterocycles. The Labute approximate surface area is 91.9 Å². The molecule has 0 fully saturated rings. The van der Waals surface area contributed by atoms with Crippen LogP contribution >= 0.6 is 11.8 Å². The largest absolute Gasteiger partial charge is 0.464 e. The second-order valence-corrected chi connectivity index (χ2v) is 4.04. The Morgan fingerprint density at radius 2 is 2.20 bits per heavy atom. The highest BCUT2D eigenvalue weighted by Gasteiger charge is 2.05. The number of thioether (sulfide) groups is 1. The van der Waals surface area contributed by atoms with Crippen LogP contribution in [0.1, 0.15) is 17.2 Å². The number of furan rings is 1. The zero-order valence-electron chi connectivity index (χ0n) is 8.40. The maximum absolute atomic E-state index is 5.45. The number of oxazole rings is 1. The molecule has 0 radical (unpaired) electrons. The monoisotopic (exact) mass is 224 g/mol. The van der Waals surface area contributed by atoms with Crippen LogP contribution in [0.25, 0.3) is 0 Å². The summed E-state index contributed by atoms with van der Waals surface area (Å²) in [6.07, 6.45) is 1.63. The van der Waals surface area contributed by atoms with Crippen molar-refractivity contribution >= 4 is 11.8 Å². The van der Waals surface area contributed by atoms with E-state index in [9.17, 15) is 0 Å². The number of nitrogens with two attached hydrogens (primary N) is 1. The average Bonchev–Trinajstić information content (AvgIpc) is 2.83. The van der Waals surface area contributed by atoms with Crippen LogP contribution in [-0.2, 0) is 12.3 Å². The van der Waals surface area contributed by atoms with E-state index < -0.39 is 0 Å². The molecule has 15 heavy (non-hydrogen) atoms. The smallest absolute Gasteiger partial charge is 0.256 e. The van der Waals surface area contributed by atoms with Gasteiger partial charge in [0.05, 0.1) is 18.0 Å². The van der Waals surface area contributed by atoms with Crippen molar-refractivity contribution in [1.82, 2.24) is 4.98 Å². The van der Waals surface area contributed by atoms with E-state index in [0.29, 0.717) is 17.5 Å². The summed E-state index contributed by atoms with van der Waals surface area (Å²) in [5.41, 5.74) is 6.33. The van der Waals surface area contributed by atoms with Gasteiger partial charge >= 0.3 is 0 Å². The van der Waals surface area contributed by atoms with Gasteiger partial charge in [0.1, 0.15) is 17.8 Å². The molecule has 0 aromatic carbocycles. The fourth-order valence-electron chi connectivity index (χ4n) is 1.14. The highest BCUT2D eigenvalue weighted by Crippen LogP contribution is 2.22. The molecule has 2 N–H and O–H groups in total. The van der Waals surface area contributed by atoms with Gasteiger partial charge in [0.2, 0.25) is 0 Å². The van der Waals surface area contributed by atoms with Crippen LogP contribution in [-0.4, -0.2) is 4.98 Å². The molecule has 80 valence electrons. The first kappa shape index (κ1) is 10.3. The number of hydrogen-bond donors (Lipinski definition) is 1. The summed E-state index contributed by atoms with van der Waals surface area (Å²) in [4.78, 5) is 4.18. The van der Waals surface area contributed by atoms with Crippen LogP contribution in [0.5, 0.6) is 0 Å². The van der Waals surface area contributed by atoms with Crippen LogP contribution < -0.4 is 5.73 Å². The Morgan fingerprint density at radius 1 is 1.40 bits per heavy atom. The predicted molar refractivity (Wildman–Crippen MR) is 57.4 cm³/mol. The molecule has 0 saturated heterocycles. The lowest BCUT2D eigenvalue weighted by Crippen LogP contribution is -1.92. The summed E-state index contributed by atoms with van der Waals surface area (Å²) in [5, 5.41) is 0.665. The average molecular weight is 224 g/mol. The molecule has 5 heteroatoms. The molecule has 2 aromatic rings. The number of rotatable bonds is 4. The Bertz CT molecular complexity index is 436. The highest BCUT2D eigenvalue weighted by molar-refractivity contribution is 7.98. The van der Waals surface area contributed by atoms with Gasteiger partial charge in [-0.3, -0.25) is 0 Å². The molecule has 0 bridgehead atoms. The quantitative estimate of drug-likeness (QED) is 0.807. The van der Waals surface area contributed by atoms with E-state index in [0.717, 1.165) is 17.2 Å². The second-order valence-electron chi connectivity index (χ2n) is 3.12. The van der Waals surface area contributed by atoms with Crippen LogP contribution in [0.2, 0.25) is 0 Å². The van der Waals surface area contributed by atoms with E-state index in [-0.39, 0.29) is 0 Å². The molecule has 0 aliphatic rings. The lowest BCUT2D eigenvalue weighted by Gasteiger charge is -1.93. The van der Waals surface area contributed by atoms with Crippen LogP contribution in [0.15, 0.2) is 32.5 Å². The van der Waals surface area contributed by atoms with Crippen molar-refractivity contribution in [2.75, 3.05) is 0 Å². The van der Waals surface area contributed by atoms with E-state index in [1.807, 2.05) is 19.1 Å². The van der Waals surface area contributed by atoms with Gasteiger partial charge in [0.15, 0.2) is 0 Å². The third-order valence-corrected chi connectivity index (χ3v) is 2.72. The first-order valence-electron chi connectivity index (χ1n) is 4.60. The fraction of sp³-hybridized carbons (Fsp3) is 0.300. The summed E-state index contributed by atoms with van der Waals surface area (Å²) in [6, 6.07) is 3.81. The Hall–Kier alpha value is -1.20. The maximum atomic E-state index is 5.45. The fourth-order valence-corrected chi connectivity index (χ4v) is 1.89. The van der Waals surface area contributed by atoms with Gasteiger partial charge in [-0.1, -0.05) is 11.8 Å². The zero-order chi connectivity index (χ0) is 10.7. The summed E-state index contributed by atoms with van der Waals surface area (Å²) in [7, 11) is 0. The van der Waals surface area contributed by atoms with Crippen molar-refractivity contribution in [1.29, 1.82) is 0 Å². The highest BCUT2D eigenvalue weighted by atomic mass is 32.2. The lowest BCUT2D eigenvalue weighted by atomic mass is 10.4.